The van der Waals surface area contributed by atoms with Gasteiger partial charge in [-0.05, 0) is 43.5 Å². The topological polar surface area (TPSA) is 113 Å². The Hall–Kier alpha value is -2.99. The first-order valence-electron chi connectivity index (χ1n) is 9.45. The first kappa shape index (κ1) is 20.3. The summed E-state index contributed by atoms with van der Waals surface area (Å²) in [6.45, 7) is 1.42. The van der Waals surface area contributed by atoms with Crippen LogP contribution >= 0.6 is 11.6 Å². The van der Waals surface area contributed by atoms with Gasteiger partial charge in [-0.15, -0.1) is 0 Å². The number of imidazole rings is 1. The minimum Gasteiger partial charge on any atom is -0.390 e. The molecular weight excluding hydrogens is 406 g/mol. The molecule has 1 aromatic carbocycles. The molecule has 30 heavy (non-hydrogen) atoms. The van der Waals surface area contributed by atoms with Crippen LogP contribution in [0.3, 0.4) is 0 Å². The highest BCUT2D eigenvalue weighted by atomic mass is 35.5. The number of nitrogens with zero attached hydrogens (tertiary/aromatic N) is 4. The average Bonchev–Trinajstić information content (AvgIpc) is 3.28. The van der Waals surface area contributed by atoms with Crippen LogP contribution in [0.15, 0.2) is 30.6 Å². The second kappa shape index (κ2) is 8.03. The van der Waals surface area contributed by atoms with Gasteiger partial charge >= 0.3 is 0 Å². The molecule has 9 heteroatoms. The molecular formula is C21H20ClN5O3. The third kappa shape index (κ3) is 3.63. The lowest BCUT2D eigenvalue weighted by Crippen LogP contribution is -2.31. The highest BCUT2D eigenvalue weighted by molar-refractivity contribution is 6.30. The van der Waals surface area contributed by atoms with Gasteiger partial charge in [0.25, 0.3) is 0 Å². The Morgan fingerprint density at radius 3 is 2.57 bits per heavy atom. The molecule has 1 fully saturated rings. The number of Topliss-reactive ketones (excluding diaryl/α,β-unsaturated/α-hetero) is 1. The summed E-state index contributed by atoms with van der Waals surface area (Å²) in [4.78, 5) is 25.1. The largest absolute Gasteiger partial charge is 0.390 e. The van der Waals surface area contributed by atoms with E-state index in [1.54, 1.807) is 42.2 Å². The molecule has 4 rings (SSSR count). The fourth-order valence-corrected chi connectivity index (χ4v) is 3.87. The zero-order valence-corrected chi connectivity index (χ0v) is 17.1. The van der Waals surface area contributed by atoms with Gasteiger partial charge in [-0.3, -0.25) is 4.79 Å². The van der Waals surface area contributed by atoms with Crippen LogP contribution in [0, 0.1) is 17.8 Å². The predicted octanol–water partition coefficient (Wildman–Crippen LogP) is 1.79. The number of halogens is 1. The molecule has 2 heterocycles. The number of aliphatic hydroxyl groups is 2. The number of hydrogen-bond acceptors (Lipinski definition) is 7. The second-order valence-electron chi connectivity index (χ2n) is 7.23. The molecule has 0 bridgehead atoms. The number of hydrogen-bond donors (Lipinski definition) is 3. The summed E-state index contributed by atoms with van der Waals surface area (Å²) in [5.41, 5.74) is 1.75. The summed E-state index contributed by atoms with van der Waals surface area (Å²) >= 11 is 5.90. The van der Waals surface area contributed by atoms with Gasteiger partial charge in [0.05, 0.1) is 18.5 Å². The van der Waals surface area contributed by atoms with Crippen molar-refractivity contribution in [1.29, 1.82) is 0 Å². The summed E-state index contributed by atoms with van der Waals surface area (Å²) in [7, 11) is 1.72. The Kier molecular flexibility index (Phi) is 5.43. The lowest BCUT2D eigenvalue weighted by Gasteiger charge is -2.18. The number of aliphatic hydroxyl groups excluding tert-OH is 2. The quantitative estimate of drug-likeness (QED) is 0.548. The lowest BCUT2D eigenvalue weighted by atomic mass is 10.0. The van der Waals surface area contributed by atoms with E-state index in [2.05, 4.69) is 32.1 Å². The van der Waals surface area contributed by atoms with E-state index in [0.717, 1.165) is 5.56 Å². The first-order valence-corrected chi connectivity index (χ1v) is 9.83. The highest BCUT2D eigenvalue weighted by Crippen LogP contribution is 2.37. The Morgan fingerprint density at radius 2 is 1.93 bits per heavy atom. The number of carbonyl (C=O) groups excluding carboxylic acids is 1. The maximum Gasteiger partial charge on any atom is 0.209 e. The third-order valence-corrected chi connectivity index (χ3v) is 5.60. The first-order chi connectivity index (χ1) is 14.4. The number of anilines is 1. The van der Waals surface area contributed by atoms with Crippen LogP contribution in [-0.4, -0.2) is 54.8 Å². The molecule has 1 aliphatic rings. The van der Waals surface area contributed by atoms with Gasteiger partial charge in [-0.2, -0.15) is 0 Å². The Morgan fingerprint density at radius 1 is 1.20 bits per heavy atom. The summed E-state index contributed by atoms with van der Waals surface area (Å²) < 4.78 is 1.68. The molecule has 2 aromatic heterocycles. The molecule has 1 saturated carbocycles. The number of aromatic nitrogens is 4. The van der Waals surface area contributed by atoms with Crippen molar-refractivity contribution in [2.75, 3.05) is 12.4 Å². The molecule has 0 saturated heterocycles. The van der Waals surface area contributed by atoms with Gasteiger partial charge in [0.15, 0.2) is 17.0 Å². The number of carbonyl (C=O) groups is 1. The van der Waals surface area contributed by atoms with Gasteiger partial charge in [0.2, 0.25) is 5.82 Å². The molecule has 0 radical (unpaired) electrons. The molecule has 8 nitrogen and oxygen atoms in total. The molecule has 0 spiro atoms. The zero-order valence-electron chi connectivity index (χ0n) is 16.4. The van der Waals surface area contributed by atoms with Crippen molar-refractivity contribution in [2.45, 2.75) is 31.6 Å². The minimum atomic E-state index is -1.13. The van der Waals surface area contributed by atoms with Gasteiger partial charge in [-0.1, -0.05) is 17.5 Å². The van der Waals surface area contributed by atoms with Crippen LogP contribution in [0.5, 0.6) is 0 Å². The maximum atomic E-state index is 11.8. The van der Waals surface area contributed by atoms with Crippen LogP contribution in [0.1, 0.15) is 30.8 Å². The second-order valence-corrected chi connectivity index (χ2v) is 7.66. The normalized spacial score (nSPS) is 23.2. The van der Waals surface area contributed by atoms with E-state index in [0.29, 0.717) is 28.4 Å². The maximum absolute atomic E-state index is 11.8. The van der Waals surface area contributed by atoms with Crippen LogP contribution in [-0.2, 0) is 4.79 Å². The summed E-state index contributed by atoms with van der Waals surface area (Å²) in [6.07, 6.45) is -0.388. The fourth-order valence-electron chi connectivity index (χ4n) is 3.74. The molecule has 1 aliphatic carbocycles. The van der Waals surface area contributed by atoms with E-state index in [1.165, 1.54) is 6.92 Å². The van der Waals surface area contributed by atoms with E-state index >= 15 is 0 Å². The third-order valence-electron chi connectivity index (χ3n) is 5.35. The standard InChI is InChI=1S/C21H20ClN5O3/c1-11(28)14-9-15(19(30)18(14)29)27-10-24-17-20(23-2)25-16(26-21(17)27)8-5-12-3-6-13(22)7-4-12/h3-4,6-7,10,14-15,18-19,29-30H,9H2,1-2H3,(H,23,25,26)/t14-,15-,18?,19+/m1/s1. The molecule has 3 aromatic rings. The average molecular weight is 426 g/mol. The summed E-state index contributed by atoms with van der Waals surface area (Å²) in [5, 5.41) is 24.4. The van der Waals surface area contributed by atoms with Gasteiger partial charge in [0.1, 0.15) is 11.9 Å². The number of nitrogens with one attached hydrogen (secondary N) is 1. The van der Waals surface area contributed by atoms with Crippen LogP contribution in [0.25, 0.3) is 11.2 Å². The van der Waals surface area contributed by atoms with Crippen LogP contribution in [0.4, 0.5) is 5.82 Å². The SMILES string of the molecule is CNc1nc(C#Cc2ccc(Cl)cc2)nc2c1ncn2[C@@H]1C[C@H](C(C)=O)C(O)[C@H]1O. The molecule has 154 valence electrons. The molecule has 1 unspecified atom stereocenters. The van der Waals surface area contributed by atoms with E-state index < -0.39 is 24.2 Å². The summed E-state index contributed by atoms with van der Waals surface area (Å²) in [5.74, 6) is 5.92. The Labute approximate surface area is 177 Å². The molecule has 0 aliphatic heterocycles. The smallest absolute Gasteiger partial charge is 0.209 e. The van der Waals surface area contributed by atoms with Gasteiger partial charge in [0, 0.05) is 23.6 Å². The molecule has 3 N–H and O–H groups in total. The zero-order chi connectivity index (χ0) is 21.4. The van der Waals surface area contributed by atoms with Crippen LogP contribution < -0.4 is 5.32 Å². The van der Waals surface area contributed by atoms with Crippen molar-refractivity contribution in [3.8, 4) is 11.8 Å². The summed E-state index contributed by atoms with van der Waals surface area (Å²) in [6, 6.07) is 6.57. The van der Waals surface area contributed by atoms with Crippen LogP contribution in [0.2, 0.25) is 5.02 Å². The van der Waals surface area contributed by atoms with E-state index in [-0.39, 0.29) is 11.6 Å². The van der Waals surface area contributed by atoms with Crippen molar-refractivity contribution in [2.24, 2.45) is 5.92 Å². The van der Waals surface area contributed by atoms with Crippen molar-refractivity contribution in [3.63, 3.8) is 0 Å². The Balaban J connectivity index is 1.76. The Bertz CT molecular complexity index is 1170. The predicted molar refractivity (Wildman–Crippen MR) is 112 cm³/mol. The van der Waals surface area contributed by atoms with E-state index in [9.17, 15) is 15.0 Å². The van der Waals surface area contributed by atoms with Crippen molar-refractivity contribution in [3.05, 3.63) is 47.0 Å². The number of benzene rings is 1. The lowest BCUT2D eigenvalue weighted by molar-refractivity contribution is -0.124. The van der Waals surface area contributed by atoms with E-state index in [4.69, 9.17) is 11.6 Å². The van der Waals surface area contributed by atoms with Crippen molar-refractivity contribution in [1.82, 2.24) is 19.5 Å². The number of fused-ring (bicyclic) bond motifs is 1. The molecule has 0 amide bonds. The fraction of sp³-hybridized carbons (Fsp3) is 0.333. The van der Waals surface area contributed by atoms with E-state index in [1.807, 2.05) is 0 Å². The highest BCUT2D eigenvalue weighted by Gasteiger charge is 2.45. The van der Waals surface area contributed by atoms with Crippen molar-refractivity contribution >= 4 is 34.4 Å². The number of rotatable bonds is 3. The minimum absolute atomic E-state index is 0.159. The monoisotopic (exact) mass is 425 g/mol. The number of ketones is 1. The van der Waals surface area contributed by atoms with Crippen molar-refractivity contribution < 1.29 is 15.0 Å². The molecule has 4 atom stereocenters. The van der Waals surface area contributed by atoms with Gasteiger partial charge < -0.3 is 20.1 Å². The van der Waals surface area contributed by atoms with Gasteiger partial charge in [-0.25, -0.2) is 15.0 Å².